The van der Waals surface area contributed by atoms with Crippen LogP contribution in [0.25, 0.3) is 22.3 Å². The molecule has 0 saturated carbocycles. The minimum absolute atomic E-state index is 0.0367. The lowest BCUT2D eigenvalue weighted by molar-refractivity contribution is -0.172. The average Bonchev–Trinajstić information content (AvgIpc) is 3.14. The number of nitrogens with zero attached hydrogens (tertiary/aromatic N) is 2. The zero-order valence-electron chi connectivity index (χ0n) is 19.3. The van der Waals surface area contributed by atoms with Crippen molar-refractivity contribution in [1.29, 1.82) is 0 Å². The van der Waals surface area contributed by atoms with Crippen LogP contribution in [0.15, 0.2) is 23.0 Å². The normalized spacial score (nSPS) is 19.3. The maximum atomic E-state index is 14.5. The van der Waals surface area contributed by atoms with E-state index in [0.29, 0.717) is 27.9 Å². The monoisotopic (exact) mass is 465 g/mol. The molecule has 0 saturated heterocycles. The van der Waals surface area contributed by atoms with Crippen LogP contribution >= 0.6 is 0 Å². The van der Waals surface area contributed by atoms with Gasteiger partial charge in [-0.05, 0) is 43.5 Å². The summed E-state index contributed by atoms with van der Waals surface area (Å²) >= 11 is 0. The molecule has 2 atom stereocenters. The van der Waals surface area contributed by atoms with Crippen molar-refractivity contribution in [3.8, 4) is 11.4 Å². The quantitative estimate of drug-likeness (QED) is 0.450. The zero-order valence-corrected chi connectivity index (χ0v) is 19.3. The molecule has 9 heteroatoms. The molecule has 2 aliphatic heterocycles. The summed E-state index contributed by atoms with van der Waals surface area (Å²) in [5.41, 5.74) is 1.32. The van der Waals surface area contributed by atoms with Crippen molar-refractivity contribution in [3.05, 3.63) is 62.2 Å². The van der Waals surface area contributed by atoms with Gasteiger partial charge in [-0.3, -0.25) is 9.59 Å². The average molecular weight is 465 g/mol. The highest BCUT2D eigenvalue weighted by molar-refractivity contribution is 5.90. The standard InChI is InChI=1S/C25H24FN3O5/c1-5-25(33)17-7-20-22-15(9-29(20)23(31)16(17)10-34-24(25)32)21(12(3)27-13(4)30)14-6-11(2)18(26)8-19(14)28-22/h6-8,12,33H,5,9-10H2,1-4H3,(H,27,30)/t12-,25+/m1/s1. The summed E-state index contributed by atoms with van der Waals surface area (Å²) < 4.78 is 21.1. The van der Waals surface area contributed by atoms with Crippen LogP contribution in [-0.4, -0.2) is 26.5 Å². The number of rotatable bonds is 3. The highest BCUT2D eigenvalue weighted by atomic mass is 19.1. The van der Waals surface area contributed by atoms with Gasteiger partial charge in [0.15, 0.2) is 5.60 Å². The second-order valence-electron chi connectivity index (χ2n) is 9.00. The Morgan fingerprint density at radius 1 is 1.32 bits per heavy atom. The molecule has 2 N–H and O–H groups in total. The van der Waals surface area contributed by atoms with Crippen LogP contribution < -0.4 is 10.9 Å². The van der Waals surface area contributed by atoms with Gasteiger partial charge in [0.2, 0.25) is 5.91 Å². The van der Waals surface area contributed by atoms with Crippen LogP contribution in [0.2, 0.25) is 0 Å². The summed E-state index contributed by atoms with van der Waals surface area (Å²) in [6.45, 7) is 6.51. The Labute approximate surface area is 194 Å². The summed E-state index contributed by atoms with van der Waals surface area (Å²) in [5.74, 6) is -1.44. The fourth-order valence-electron chi connectivity index (χ4n) is 5.11. The van der Waals surface area contributed by atoms with E-state index in [2.05, 4.69) is 5.32 Å². The number of aromatic nitrogens is 2. The van der Waals surface area contributed by atoms with Gasteiger partial charge in [0.1, 0.15) is 12.4 Å². The molecule has 0 aliphatic carbocycles. The van der Waals surface area contributed by atoms with Gasteiger partial charge in [-0.2, -0.15) is 0 Å². The van der Waals surface area contributed by atoms with E-state index in [1.807, 2.05) is 6.92 Å². The molecular weight excluding hydrogens is 441 g/mol. The number of carbonyl (C=O) groups is 2. The first-order valence-corrected chi connectivity index (χ1v) is 11.1. The Balaban J connectivity index is 1.84. The number of benzene rings is 1. The lowest BCUT2D eigenvalue weighted by Crippen LogP contribution is -2.44. The topological polar surface area (TPSA) is 111 Å². The van der Waals surface area contributed by atoms with E-state index in [4.69, 9.17) is 9.72 Å². The van der Waals surface area contributed by atoms with Gasteiger partial charge in [-0.25, -0.2) is 14.2 Å². The van der Waals surface area contributed by atoms with Crippen molar-refractivity contribution in [1.82, 2.24) is 14.9 Å². The lowest BCUT2D eigenvalue weighted by Gasteiger charge is -2.31. The van der Waals surface area contributed by atoms with Crippen molar-refractivity contribution in [2.24, 2.45) is 0 Å². The molecule has 1 aromatic carbocycles. The molecule has 0 radical (unpaired) electrons. The van der Waals surface area contributed by atoms with Crippen LogP contribution in [0.4, 0.5) is 4.39 Å². The number of amides is 1. The van der Waals surface area contributed by atoms with Gasteiger partial charge < -0.3 is 19.7 Å². The Morgan fingerprint density at radius 2 is 2.06 bits per heavy atom. The predicted octanol–water partition coefficient (Wildman–Crippen LogP) is 2.72. The summed E-state index contributed by atoms with van der Waals surface area (Å²) in [7, 11) is 0. The number of esters is 1. The molecule has 34 heavy (non-hydrogen) atoms. The highest BCUT2D eigenvalue weighted by Crippen LogP contribution is 2.41. The summed E-state index contributed by atoms with van der Waals surface area (Å²) in [4.78, 5) is 42.4. The smallest absolute Gasteiger partial charge is 0.343 e. The Morgan fingerprint density at radius 3 is 2.74 bits per heavy atom. The molecule has 1 amide bonds. The van der Waals surface area contributed by atoms with Crippen molar-refractivity contribution in [2.45, 2.75) is 58.9 Å². The van der Waals surface area contributed by atoms with Gasteiger partial charge in [-0.15, -0.1) is 0 Å². The molecule has 0 bridgehead atoms. The SMILES string of the molecule is CC[C@@]1(O)C(=O)OCc2c1cc1n(c2=O)Cc2c-1nc1cc(F)c(C)cc1c2[C@@H](C)NC(C)=O. The molecular formula is C25H24FN3O5. The molecule has 2 aliphatic rings. The van der Waals surface area contributed by atoms with E-state index in [0.717, 1.165) is 11.1 Å². The number of carbonyl (C=O) groups excluding carboxylic acids is 2. The van der Waals surface area contributed by atoms with E-state index in [9.17, 15) is 23.9 Å². The van der Waals surface area contributed by atoms with E-state index >= 15 is 0 Å². The molecule has 0 spiro atoms. The maximum Gasteiger partial charge on any atom is 0.343 e. The molecule has 3 aromatic rings. The minimum atomic E-state index is -1.93. The first-order valence-electron chi connectivity index (χ1n) is 11.1. The summed E-state index contributed by atoms with van der Waals surface area (Å²) in [6, 6.07) is 4.22. The van der Waals surface area contributed by atoms with Gasteiger partial charge in [0.25, 0.3) is 5.56 Å². The number of aliphatic hydroxyl groups is 1. The van der Waals surface area contributed by atoms with Gasteiger partial charge in [-0.1, -0.05) is 6.92 Å². The Kier molecular flexibility index (Phi) is 4.87. The largest absolute Gasteiger partial charge is 0.458 e. The van der Waals surface area contributed by atoms with Crippen LogP contribution in [0.5, 0.6) is 0 Å². The summed E-state index contributed by atoms with van der Waals surface area (Å²) in [5, 5.41) is 14.6. The second kappa shape index (κ2) is 7.46. The highest BCUT2D eigenvalue weighted by Gasteiger charge is 2.45. The number of nitrogens with one attached hydrogen (secondary N) is 1. The molecule has 176 valence electrons. The number of fused-ring (bicyclic) bond motifs is 5. The zero-order chi connectivity index (χ0) is 24.5. The fraction of sp³-hybridized carbons (Fsp3) is 0.360. The molecule has 0 unspecified atom stereocenters. The number of ether oxygens (including phenoxy) is 1. The van der Waals surface area contributed by atoms with Crippen LogP contribution in [0.1, 0.15) is 61.1 Å². The van der Waals surface area contributed by atoms with Crippen molar-refractivity contribution in [2.75, 3.05) is 0 Å². The van der Waals surface area contributed by atoms with E-state index < -0.39 is 23.4 Å². The molecule has 8 nitrogen and oxygen atoms in total. The number of cyclic esters (lactones) is 1. The first kappa shape index (κ1) is 22.2. The maximum absolute atomic E-state index is 14.5. The molecule has 2 aromatic heterocycles. The van der Waals surface area contributed by atoms with Gasteiger partial charge in [0.05, 0.1) is 35.1 Å². The van der Waals surface area contributed by atoms with Crippen LogP contribution in [-0.2, 0) is 33.1 Å². The Bertz CT molecular complexity index is 1480. The summed E-state index contributed by atoms with van der Waals surface area (Å²) in [6.07, 6.45) is 0.0367. The first-order chi connectivity index (χ1) is 16.1. The van der Waals surface area contributed by atoms with Crippen molar-refractivity contribution in [3.63, 3.8) is 0 Å². The number of pyridine rings is 2. The number of hydrogen-bond donors (Lipinski definition) is 2. The van der Waals surface area contributed by atoms with Gasteiger partial charge >= 0.3 is 5.97 Å². The molecule has 0 fully saturated rings. The van der Waals surface area contributed by atoms with E-state index in [-0.39, 0.29) is 42.2 Å². The third kappa shape index (κ3) is 3.00. The second-order valence-corrected chi connectivity index (χ2v) is 9.00. The molecule has 5 rings (SSSR count). The molecule has 4 heterocycles. The van der Waals surface area contributed by atoms with Crippen molar-refractivity contribution < 1.29 is 23.8 Å². The third-order valence-corrected chi connectivity index (χ3v) is 6.86. The van der Waals surface area contributed by atoms with Gasteiger partial charge in [0, 0.05) is 29.5 Å². The number of hydrogen-bond acceptors (Lipinski definition) is 6. The van der Waals surface area contributed by atoms with Crippen LogP contribution in [0, 0.1) is 12.7 Å². The predicted molar refractivity (Wildman–Crippen MR) is 121 cm³/mol. The number of halogens is 1. The van der Waals surface area contributed by atoms with Crippen molar-refractivity contribution >= 4 is 22.8 Å². The van der Waals surface area contributed by atoms with E-state index in [1.165, 1.54) is 17.6 Å². The minimum Gasteiger partial charge on any atom is -0.458 e. The number of aryl methyl sites for hydroxylation is 1. The van der Waals surface area contributed by atoms with Crippen LogP contribution in [0.3, 0.4) is 0 Å². The van der Waals surface area contributed by atoms with E-state index in [1.54, 1.807) is 26.0 Å². The Hall–Kier alpha value is -3.59. The lowest BCUT2D eigenvalue weighted by atomic mass is 9.86. The fourth-order valence-corrected chi connectivity index (χ4v) is 5.11. The third-order valence-electron chi connectivity index (χ3n) is 6.86.